The van der Waals surface area contributed by atoms with Crippen molar-refractivity contribution < 1.29 is 32.1 Å². The van der Waals surface area contributed by atoms with Gasteiger partial charge in [0.05, 0.1) is 24.4 Å². The number of aryl methyl sites for hydroxylation is 1. The molecule has 2 fully saturated rings. The molecule has 2 aromatic heterocycles. The summed E-state index contributed by atoms with van der Waals surface area (Å²) in [4.78, 5) is 35.9. The highest BCUT2D eigenvalue weighted by Gasteiger charge is 2.74. The SMILES string of the molecule is CC1C(n2ccc(=O)n(Cc3nn(C)c4ccccc34)c2=O)OC2(COP(=O)(O)C(F)(F)[P+](N)=O)C(C)C12. The summed E-state index contributed by atoms with van der Waals surface area (Å²) in [5, 5.41) is 0.612. The number of alkyl halides is 2. The zero-order valence-corrected chi connectivity index (χ0v) is 22.4. The van der Waals surface area contributed by atoms with Gasteiger partial charge in [0.25, 0.3) is 5.56 Å². The highest BCUT2D eigenvalue weighted by Crippen LogP contribution is 2.70. The summed E-state index contributed by atoms with van der Waals surface area (Å²) in [5.74, 6) is -0.868. The second kappa shape index (κ2) is 8.97. The Hall–Kier alpha value is -2.60. The Morgan fingerprint density at radius 1 is 1.29 bits per heavy atom. The average molecular weight is 572 g/mol. The number of aromatic nitrogens is 4. The molecule has 5 rings (SSSR count). The van der Waals surface area contributed by atoms with Crippen molar-refractivity contribution >= 4 is 26.5 Å². The van der Waals surface area contributed by atoms with Crippen molar-refractivity contribution in [2.24, 2.45) is 30.3 Å². The van der Waals surface area contributed by atoms with Crippen molar-refractivity contribution in [3.8, 4) is 0 Å². The first-order valence-corrected chi connectivity index (χ1v) is 14.6. The fourth-order valence-electron chi connectivity index (χ4n) is 5.62. The van der Waals surface area contributed by atoms with E-state index in [1.165, 1.54) is 16.8 Å². The van der Waals surface area contributed by atoms with Crippen LogP contribution in [0.25, 0.3) is 10.9 Å². The molecule has 1 saturated heterocycles. The number of nitrogens with zero attached hydrogens (tertiary/aromatic N) is 4. The summed E-state index contributed by atoms with van der Waals surface area (Å²) in [6.45, 7) is 2.77. The molecule has 12 nitrogen and oxygen atoms in total. The third kappa shape index (κ3) is 3.93. The fraction of sp³-hybridized carbons (Fsp3) is 0.500. The van der Waals surface area contributed by atoms with Gasteiger partial charge >= 0.3 is 26.6 Å². The Morgan fingerprint density at radius 3 is 2.66 bits per heavy atom. The highest BCUT2D eigenvalue weighted by molar-refractivity contribution is 7.68. The molecule has 1 aliphatic carbocycles. The topological polar surface area (TPSA) is 161 Å². The summed E-state index contributed by atoms with van der Waals surface area (Å²) in [6.07, 6.45) is 0.400. The van der Waals surface area contributed by atoms with Gasteiger partial charge in [0.1, 0.15) is 11.8 Å². The average Bonchev–Trinajstić information content (AvgIpc) is 3.11. The van der Waals surface area contributed by atoms with E-state index in [0.717, 1.165) is 15.5 Å². The monoisotopic (exact) mass is 572 g/mol. The van der Waals surface area contributed by atoms with E-state index in [2.05, 4.69) is 5.10 Å². The lowest BCUT2D eigenvalue weighted by molar-refractivity contribution is -0.0831. The van der Waals surface area contributed by atoms with Gasteiger partial charge in [-0.2, -0.15) is 5.10 Å². The Labute approximate surface area is 215 Å². The second-order valence-electron chi connectivity index (χ2n) is 9.78. The van der Waals surface area contributed by atoms with E-state index in [4.69, 9.17) is 14.8 Å². The fourth-order valence-corrected chi connectivity index (χ4v) is 7.32. The lowest BCUT2D eigenvalue weighted by Gasteiger charge is -2.25. The number of ether oxygens (including phenoxy) is 1. The van der Waals surface area contributed by atoms with Gasteiger partial charge in [0, 0.05) is 36.5 Å². The summed E-state index contributed by atoms with van der Waals surface area (Å²) in [5.41, 5.74) is 3.64. The van der Waals surface area contributed by atoms with Crippen LogP contribution in [-0.2, 0) is 32.0 Å². The largest absolute Gasteiger partial charge is 0.562 e. The maximum atomic E-state index is 13.9. The third-order valence-electron chi connectivity index (χ3n) is 7.70. The molecule has 16 heteroatoms. The van der Waals surface area contributed by atoms with Gasteiger partial charge in [0.15, 0.2) is 0 Å². The van der Waals surface area contributed by atoms with E-state index < -0.39 is 50.6 Å². The van der Waals surface area contributed by atoms with Crippen LogP contribution in [0.15, 0.2) is 46.1 Å². The molecule has 3 aromatic rings. The molecule has 3 N–H and O–H groups in total. The first kappa shape index (κ1) is 27.0. The zero-order chi connectivity index (χ0) is 27.8. The second-order valence-corrected chi connectivity index (χ2v) is 13.2. The zero-order valence-electron chi connectivity index (χ0n) is 20.6. The molecular weight excluding hydrogens is 546 g/mol. The minimum atomic E-state index is -5.68. The van der Waals surface area contributed by atoms with E-state index in [9.17, 15) is 32.4 Å². The molecule has 1 aliphatic heterocycles. The molecule has 204 valence electrons. The molecule has 7 unspecified atom stereocenters. The summed E-state index contributed by atoms with van der Waals surface area (Å²) < 4.78 is 65.8. The molecule has 38 heavy (non-hydrogen) atoms. The van der Waals surface area contributed by atoms with Crippen LogP contribution in [-0.4, -0.2) is 41.4 Å². The van der Waals surface area contributed by atoms with Crippen molar-refractivity contribution in [2.45, 2.75) is 37.6 Å². The molecule has 0 spiro atoms. The summed E-state index contributed by atoms with van der Waals surface area (Å²) in [6, 6.07) is 8.62. The van der Waals surface area contributed by atoms with Crippen LogP contribution in [0.3, 0.4) is 0 Å². The smallest absolute Gasteiger partial charge is 0.348 e. The minimum absolute atomic E-state index is 0.0882. The standard InChI is InChI=1S/C22H25F2N5O7P2/c1-12-18-13(2)21(18,11-35-38(33,34)22(23,24)37(25)32)36-19(12)28-9-8-17(30)29(20(28)31)10-15-14-6-4-5-7-16(14)27(3)26-15/h4-9,12-13,18-19H,10-11H2,1-3H3,(H2-,25,32,33,34)/p+1. The lowest BCUT2D eigenvalue weighted by Crippen LogP contribution is -2.42. The maximum Gasteiger partial charge on any atom is 0.562 e. The van der Waals surface area contributed by atoms with E-state index in [0.29, 0.717) is 5.69 Å². The molecule has 1 saturated carbocycles. The molecule has 2 aliphatic rings. The van der Waals surface area contributed by atoms with Crippen LogP contribution in [0.2, 0.25) is 0 Å². The normalized spacial score (nSPS) is 28.8. The minimum Gasteiger partial charge on any atom is -0.348 e. The number of fused-ring (bicyclic) bond motifs is 2. The van der Waals surface area contributed by atoms with E-state index in [1.807, 2.05) is 24.3 Å². The van der Waals surface area contributed by atoms with Gasteiger partial charge in [0.2, 0.25) is 0 Å². The number of nitrogens with two attached hydrogens (primary N) is 1. The van der Waals surface area contributed by atoms with Crippen LogP contribution < -0.4 is 16.8 Å². The predicted octanol–water partition coefficient (Wildman–Crippen LogP) is 2.57. The molecule has 7 atom stereocenters. The van der Waals surface area contributed by atoms with Crippen LogP contribution in [0.5, 0.6) is 0 Å². The Balaban J connectivity index is 1.43. The van der Waals surface area contributed by atoms with Crippen LogP contribution >= 0.6 is 15.5 Å². The maximum absolute atomic E-state index is 13.9. The first-order chi connectivity index (χ1) is 17.7. The van der Waals surface area contributed by atoms with Gasteiger partial charge in [-0.3, -0.25) is 23.1 Å². The number of hydrogen-bond donors (Lipinski definition) is 2. The van der Waals surface area contributed by atoms with Crippen LogP contribution in [0.4, 0.5) is 8.78 Å². The van der Waals surface area contributed by atoms with E-state index in [1.54, 1.807) is 25.6 Å². The molecule has 0 radical (unpaired) electrons. The van der Waals surface area contributed by atoms with Crippen molar-refractivity contribution in [3.05, 3.63) is 63.1 Å². The van der Waals surface area contributed by atoms with Gasteiger partial charge < -0.3 is 9.63 Å². The molecule has 1 aromatic carbocycles. The number of hydrogen-bond acceptors (Lipinski definition) is 7. The first-order valence-electron chi connectivity index (χ1n) is 11.7. The number of para-hydroxylation sites is 1. The van der Waals surface area contributed by atoms with E-state index in [-0.39, 0.29) is 24.3 Å². The van der Waals surface area contributed by atoms with Crippen molar-refractivity contribution in [1.82, 2.24) is 18.9 Å². The van der Waals surface area contributed by atoms with Crippen LogP contribution in [0.1, 0.15) is 25.8 Å². The number of rotatable bonds is 8. The van der Waals surface area contributed by atoms with Crippen molar-refractivity contribution in [2.75, 3.05) is 6.61 Å². The van der Waals surface area contributed by atoms with Crippen molar-refractivity contribution in [1.29, 1.82) is 0 Å². The van der Waals surface area contributed by atoms with E-state index >= 15 is 0 Å². The van der Waals surface area contributed by atoms with Gasteiger partial charge in [-0.15, -0.1) is 14.3 Å². The molecule has 0 amide bonds. The molecule has 3 heterocycles. The van der Waals surface area contributed by atoms with Gasteiger partial charge in [-0.25, -0.2) is 9.36 Å². The van der Waals surface area contributed by atoms with Gasteiger partial charge in [-0.1, -0.05) is 32.0 Å². The quantitative estimate of drug-likeness (QED) is 0.387. The Morgan fingerprint density at radius 2 is 1.97 bits per heavy atom. The van der Waals surface area contributed by atoms with Gasteiger partial charge in [-0.05, 0) is 16.5 Å². The summed E-state index contributed by atoms with van der Waals surface area (Å²) >= 11 is 0. The van der Waals surface area contributed by atoms with Crippen LogP contribution in [0, 0.1) is 17.8 Å². The molecule has 0 bridgehead atoms. The Kier molecular flexibility index (Phi) is 6.37. The Bertz CT molecular complexity index is 1620. The highest BCUT2D eigenvalue weighted by atomic mass is 31.2. The lowest BCUT2D eigenvalue weighted by atomic mass is 10.0. The summed E-state index contributed by atoms with van der Waals surface area (Å²) in [7, 11) is -7.74. The third-order valence-corrected chi connectivity index (χ3v) is 10.7. The number of halogens is 2. The molecular formula is C22H26F2N5O7P2+. The predicted molar refractivity (Wildman–Crippen MR) is 132 cm³/mol. The number of benzene rings is 1. The van der Waals surface area contributed by atoms with Crippen molar-refractivity contribution in [3.63, 3.8) is 0 Å².